The Balaban J connectivity index is 0.000000360. The van der Waals surface area contributed by atoms with Gasteiger partial charge in [0.15, 0.2) is 0 Å². The van der Waals surface area contributed by atoms with Gasteiger partial charge in [0.05, 0.1) is 0 Å². The Hall–Kier alpha value is 0.759. The smallest absolute Gasteiger partial charge is 0.133 e. The molecule has 0 spiro atoms. The summed E-state index contributed by atoms with van der Waals surface area (Å²) < 4.78 is 0.954. The molecule has 1 aliphatic heterocycles. The van der Waals surface area contributed by atoms with E-state index in [2.05, 4.69) is 5.32 Å². The molecule has 7 heavy (non-hydrogen) atoms. The Labute approximate surface area is 63.1 Å². The zero-order valence-electron chi connectivity index (χ0n) is 3.58. The second-order valence-corrected chi connectivity index (χ2v) is 2.83. The van der Waals surface area contributed by atoms with Crippen molar-refractivity contribution in [2.24, 2.45) is 0 Å². The standard InChI is InChI=1S/C3H5NS2.Fe/c5-3-4-1-2-6-3;/h1-2H2,(H,4,5);. The summed E-state index contributed by atoms with van der Waals surface area (Å²) in [6, 6.07) is 0. The normalized spacial score (nSPS) is 18.0. The second-order valence-electron chi connectivity index (χ2n) is 1.06. The fraction of sp³-hybridized carbons (Fsp3) is 0.667. The molecule has 0 amide bonds. The molecule has 0 aromatic rings. The van der Waals surface area contributed by atoms with E-state index in [9.17, 15) is 0 Å². The van der Waals surface area contributed by atoms with Crippen LogP contribution in [-0.2, 0) is 17.1 Å². The average molecular weight is 175 g/mol. The minimum absolute atomic E-state index is 0. The van der Waals surface area contributed by atoms with Crippen LogP contribution in [0, 0.1) is 0 Å². The van der Waals surface area contributed by atoms with Crippen LogP contribution in [0.3, 0.4) is 0 Å². The quantitative estimate of drug-likeness (QED) is 0.427. The van der Waals surface area contributed by atoms with Crippen molar-refractivity contribution in [1.82, 2.24) is 5.32 Å². The largest absolute Gasteiger partial charge is 0.370 e. The van der Waals surface area contributed by atoms with Crippen LogP contribution in [0.15, 0.2) is 0 Å². The number of thioether (sulfide) groups is 1. The van der Waals surface area contributed by atoms with Crippen LogP contribution in [0.25, 0.3) is 0 Å². The van der Waals surface area contributed by atoms with Gasteiger partial charge in [0, 0.05) is 29.4 Å². The minimum Gasteiger partial charge on any atom is -0.370 e. The van der Waals surface area contributed by atoms with Crippen LogP contribution in [0.1, 0.15) is 0 Å². The topological polar surface area (TPSA) is 12.0 Å². The van der Waals surface area contributed by atoms with Crippen molar-refractivity contribution < 1.29 is 17.1 Å². The van der Waals surface area contributed by atoms with Gasteiger partial charge in [-0.1, -0.05) is 24.0 Å². The summed E-state index contributed by atoms with van der Waals surface area (Å²) in [7, 11) is 0. The van der Waals surface area contributed by atoms with Gasteiger partial charge in [-0.2, -0.15) is 0 Å². The molecule has 1 rings (SSSR count). The number of thiocarbonyl (C=S) groups is 1. The summed E-state index contributed by atoms with van der Waals surface area (Å²) in [5.41, 5.74) is 0. The Kier molecular flexibility index (Phi) is 4.13. The van der Waals surface area contributed by atoms with E-state index in [1.54, 1.807) is 11.8 Å². The van der Waals surface area contributed by atoms with Gasteiger partial charge >= 0.3 is 0 Å². The Morgan fingerprint density at radius 3 is 2.57 bits per heavy atom. The van der Waals surface area contributed by atoms with Crippen molar-refractivity contribution >= 4 is 28.3 Å². The molecule has 0 aliphatic carbocycles. The maximum Gasteiger partial charge on any atom is 0.133 e. The van der Waals surface area contributed by atoms with Gasteiger partial charge < -0.3 is 5.32 Å². The SMILES string of the molecule is S=C1NCCS1.[Fe]. The number of hydrogen-bond acceptors (Lipinski definition) is 2. The van der Waals surface area contributed by atoms with Crippen molar-refractivity contribution in [2.45, 2.75) is 0 Å². The molecule has 0 bridgehead atoms. The summed E-state index contributed by atoms with van der Waals surface area (Å²) in [4.78, 5) is 0. The van der Waals surface area contributed by atoms with E-state index in [1.807, 2.05) is 0 Å². The molecular weight excluding hydrogens is 170 g/mol. The third kappa shape index (κ3) is 2.54. The van der Waals surface area contributed by atoms with Crippen LogP contribution >= 0.6 is 24.0 Å². The molecule has 1 heterocycles. The van der Waals surface area contributed by atoms with E-state index < -0.39 is 0 Å². The van der Waals surface area contributed by atoms with Crippen LogP contribution in [0.4, 0.5) is 0 Å². The summed E-state index contributed by atoms with van der Waals surface area (Å²) in [6.45, 7) is 1.06. The van der Waals surface area contributed by atoms with Crippen LogP contribution in [0.5, 0.6) is 0 Å². The summed E-state index contributed by atoms with van der Waals surface area (Å²) in [5, 5.41) is 3.01. The van der Waals surface area contributed by atoms with E-state index >= 15 is 0 Å². The Bertz CT molecular complexity index is 67.3. The average Bonchev–Trinajstić information content (AvgIpc) is 1.86. The first-order valence-electron chi connectivity index (χ1n) is 1.80. The predicted octanol–water partition coefficient (Wildman–Crippen LogP) is 0.605. The van der Waals surface area contributed by atoms with Gasteiger partial charge in [0.25, 0.3) is 0 Å². The van der Waals surface area contributed by atoms with Crippen LogP contribution in [0.2, 0.25) is 0 Å². The Morgan fingerprint density at radius 1 is 1.71 bits per heavy atom. The molecule has 0 atom stereocenters. The molecule has 0 aromatic carbocycles. The second kappa shape index (κ2) is 3.72. The molecule has 0 aromatic heterocycles. The van der Waals surface area contributed by atoms with Gasteiger partial charge in [-0.15, -0.1) is 0 Å². The molecule has 42 valence electrons. The summed E-state index contributed by atoms with van der Waals surface area (Å²) in [5.74, 6) is 1.15. The molecule has 0 saturated carbocycles. The number of rotatable bonds is 0. The molecule has 4 heteroatoms. The van der Waals surface area contributed by atoms with Gasteiger partial charge in [-0.3, -0.25) is 0 Å². The third-order valence-electron chi connectivity index (χ3n) is 0.605. The van der Waals surface area contributed by atoms with E-state index in [0.717, 1.165) is 16.6 Å². The monoisotopic (exact) mass is 175 g/mol. The van der Waals surface area contributed by atoms with Crippen molar-refractivity contribution in [3.05, 3.63) is 0 Å². The van der Waals surface area contributed by atoms with Crippen molar-refractivity contribution in [2.75, 3.05) is 12.3 Å². The van der Waals surface area contributed by atoms with Gasteiger partial charge in [-0.25, -0.2) is 0 Å². The molecule has 1 N–H and O–H groups in total. The van der Waals surface area contributed by atoms with E-state index in [4.69, 9.17) is 12.2 Å². The fourth-order valence-electron chi connectivity index (χ4n) is 0.348. The third-order valence-corrected chi connectivity index (χ3v) is 1.92. The maximum absolute atomic E-state index is 4.77. The van der Waals surface area contributed by atoms with E-state index in [1.165, 1.54) is 0 Å². The zero-order valence-corrected chi connectivity index (χ0v) is 6.32. The first-order valence-corrected chi connectivity index (χ1v) is 3.19. The van der Waals surface area contributed by atoms with Crippen molar-refractivity contribution in [1.29, 1.82) is 0 Å². The van der Waals surface area contributed by atoms with Crippen LogP contribution < -0.4 is 5.32 Å². The summed E-state index contributed by atoms with van der Waals surface area (Å²) >= 11 is 6.49. The first kappa shape index (κ1) is 7.76. The van der Waals surface area contributed by atoms with Gasteiger partial charge in [0.2, 0.25) is 0 Å². The number of hydrogen-bond donors (Lipinski definition) is 1. The molecule has 1 fully saturated rings. The molecular formula is C3H5FeNS2. The molecule has 1 saturated heterocycles. The van der Waals surface area contributed by atoms with Crippen molar-refractivity contribution in [3.63, 3.8) is 0 Å². The Morgan fingerprint density at radius 2 is 2.43 bits per heavy atom. The molecule has 1 aliphatic rings. The van der Waals surface area contributed by atoms with Gasteiger partial charge in [-0.05, 0) is 0 Å². The minimum atomic E-state index is 0. The van der Waals surface area contributed by atoms with Gasteiger partial charge in [0.1, 0.15) is 4.32 Å². The number of nitrogens with one attached hydrogen (secondary N) is 1. The molecule has 0 radical (unpaired) electrons. The van der Waals surface area contributed by atoms with Crippen molar-refractivity contribution in [3.8, 4) is 0 Å². The molecule has 1 nitrogen and oxygen atoms in total. The van der Waals surface area contributed by atoms with E-state index in [0.29, 0.717) is 0 Å². The first-order chi connectivity index (χ1) is 2.89. The zero-order chi connectivity index (χ0) is 4.41. The fourth-order valence-corrected chi connectivity index (χ4v) is 1.29. The van der Waals surface area contributed by atoms with E-state index in [-0.39, 0.29) is 17.1 Å². The van der Waals surface area contributed by atoms with Crippen LogP contribution in [-0.4, -0.2) is 16.6 Å². The summed E-state index contributed by atoms with van der Waals surface area (Å²) in [6.07, 6.45) is 0. The molecule has 0 unspecified atom stereocenters. The maximum atomic E-state index is 4.77. The predicted molar refractivity (Wildman–Crippen MR) is 33.1 cm³/mol.